The van der Waals surface area contributed by atoms with E-state index in [4.69, 9.17) is 5.11 Å². The van der Waals surface area contributed by atoms with Gasteiger partial charge in [0.15, 0.2) is 0 Å². The maximum Gasteiger partial charge on any atom is 0.433 e. The Morgan fingerprint density at radius 3 is 2.40 bits per heavy atom. The predicted octanol–water partition coefficient (Wildman–Crippen LogP) is 1.69. The van der Waals surface area contributed by atoms with Gasteiger partial charge in [-0.05, 0) is 30.9 Å². The fourth-order valence-electron chi connectivity index (χ4n) is 1.73. The quantitative estimate of drug-likeness (QED) is 0.883. The number of amides is 1. The molecular weight excluding hydrogens is 277 g/mol. The van der Waals surface area contributed by atoms with Crippen LogP contribution in [0.5, 0.6) is 0 Å². The Kier molecular flexibility index (Phi) is 3.65. The lowest BCUT2D eigenvalue weighted by Gasteiger charge is -2.13. The normalized spacial score (nSPS) is 16.6. The Bertz CT molecular complexity index is 524. The van der Waals surface area contributed by atoms with Gasteiger partial charge in [-0.25, -0.2) is 4.79 Å². The number of alkyl halides is 3. The number of nitrogens with one attached hydrogen (secondary N) is 1. The molecule has 108 valence electrons. The van der Waals surface area contributed by atoms with E-state index in [1.165, 1.54) is 0 Å². The first-order valence-corrected chi connectivity index (χ1v) is 5.86. The molecule has 1 aliphatic rings. The molecule has 0 aromatic carbocycles. The number of carboxylic acid groups (broad SMARTS) is 1. The summed E-state index contributed by atoms with van der Waals surface area (Å²) in [4.78, 5) is 25.9. The van der Waals surface area contributed by atoms with Gasteiger partial charge in [0.25, 0.3) is 5.91 Å². The van der Waals surface area contributed by atoms with Crippen LogP contribution >= 0.6 is 0 Å². The number of carbonyl (C=O) groups excluding carboxylic acids is 1. The lowest BCUT2D eigenvalue weighted by Crippen LogP contribution is -2.42. The van der Waals surface area contributed by atoms with Crippen LogP contribution in [0.15, 0.2) is 18.3 Å². The van der Waals surface area contributed by atoms with E-state index in [-0.39, 0.29) is 11.5 Å². The van der Waals surface area contributed by atoms with E-state index in [1.807, 2.05) is 0 Å². The summed E-state index contributed by atoms with van der Waals surface area (Å²) in [5, 5.41) is 11.2. The summed E-state index contributed by atoms with van der Waals surface area (Å²) in [5.74, 6) is -2.01. The maximum atomic E-state index is 12.3. The lowest BCUT2D eigenvalue weighted by molar-refractivity contribution is -0.141. The van der Waals surface area contributed by atoms with E-state index in [2.05, 4.69) is 10.3 Å². The lowest BCUT2D eigenvalue weighted by atomic mass is 10.1. The first kappa shape index (κ1) is 14.3. The standard InChI is InChI=1S/C12H11F3N2O3/c13-12(14,15)8-4-3-7(5-16-8)10(18)17-9(11(19)20)6-1-2-6/h3-6,9H,1-2H2,(H,17,18)(H,19,20). The van der Waals surface area contributed by atoms with Gasteiger partial charge in [0.2, 0.25) is 0 Å². The van der Waals surface area contributed by atoms with Gasteiger partial charge < -0.3 is 10.4 Å². The molecule has 1 atom stereocenters. The van der Waals surface area contributed by atoms with Gasteiger partial charge in [-0.15, -0.1) is 0 Å². The Morgan fingerprint density at radius 2 is 2.00 bits per heavy atom. The molecule has 1 aromatic heterocycles. The van der Waals surface area contributed by atoms with Crippen LogP contribution in [0.4, 0.5) is 13.2 Å². The number of aliphatic carboxylic acids is 1. The second-order valence-corrected chi connectivity index (χ2v) is 4.56. The average molecular weight is 288 g/mol. The van der Waals surface area contributed by atoms with Gasteiger partial charge in [-0.3, -0.25) is 9.78 Å². The van der Waals surface area contributed by atoms with Crippen molar-refractivity contribution in [1.29, 1.82) is 0 Å². The molecule has 1 fully saturated rings. The van der Waals surface area contributed by atoms with Gasteiger partial charge >= 0.3 is 12.1 Å². The molecule has 1 aromatic rings. The van der Waals surface area contributed by atoms with E-state index in [1.54, 1.807) is 0 Å². The molecule has 20 heavy (non-hydrogen) atoms. The van der Waals surface area contributed by atoms with Gasteiger partial charge in [0.1, 0.15) is 11.7 Å². The molecule has 0 radical (unpaired) electrons. The minimum atomic E-state index is -4.58. The molecule has 1 unspecified atom stereocenters. The van der Waals surface area contributed by atoms with Crippen LogP contribution in [0, 0.1) is 5.92 Å². The van der Waals surface area contributed by atoms with Crippen molar-refractivity contribution in [3.8, 4) is 0 Å². The summed E-state index contributed by atoms with van der Waals surface area (Å²) < 4.78 is 36.9. The average Bonchev–Trinajstić information content (AvgIpc) is 3.18. The third-order valence-corrected chi connectivity index (χ3v) is 2.96. The zero-order valence-corrected chi connectivity index (χ0v) is 10.1. The maximum absolute atomic E-state index is 12.3. The molecule has 0 saturated heterocycles. The minimum absolute atomic E-state index is 0.107. The van der Waals surface area contributed by atoms with Crippen LogP contribution in [0.3, 0.4) is 0 Å². The van der Waals surface area contributed by atoms with Crippen molar-refractivity contribution in [2.75, 3.05) is 0 Å². The molecule has 1 heterocycles. The van der Waals surface area contributed by atoms with Crippen molar-refractivity contribution in [1.82, 2.24) is 10.3 Å². The highest BCUT2D eigenvalue weighted by molar-refractivity contribution is 5.96. The van der Waals surface area contributed by atoms with E-state index in [0.717, 1.165) is 12.3 Å². The summed E-state index contributed by atoms with van der Waals surface area (Å²) in [6, 6.07) is 0.642. The number of nitrogens with zero attached hydrogens (tertiary/aromatic N) is 1. The fraction of sp³-hybridized carbons (Fsp3) is 0.417. The van der Waals surface area contributed by atoms with E-state index in [0.29, 0.717) is 18.9 Å². The van der Waals surface area contributed by atoms with Gasteiger partial charge in [0, 0.05) is 6.20 Å². The molecule has 0 bridgehead atoms. The number of halogens is 3. The van der Waals surface area contributed by atoms with Crippen molar-refractivity contribution >= 4 is 11.9 Å². The largest absolute Gasteiger partial charge is 0.480 e. The van der Waals surface area contributed by atoms with E-state index >= 15 is 0 Å². The predicted molar refractivity (Wildman–Crippen MR) is 60.9 cm³/mol. The number of pyridine rings is 1. The SMILES string of the molecule is O=C(NC(C(=O)O)C1CC1)c1ccc(C(F)(F)F)nc1. The molecule has 2 rings (SSSR count). The summed E-state index contributed by atoms with van der Waals surface area (Å²) in [6.45, 7) is 0. The summed E-state index contributed by atoms with van der Waals surface area (Å²) in [7, 11) is 0. The summed E-state index contributed by atoms with van der Waals surface area (Å²) in [5.41, 5.74) is -1.21. The Morgan fingerprint density at radius 1 is 1.35 bits per heavy atom. The van der Waals surface area contributed by atoms with Crippen LogP contribution in [0.25, 0.3) is 0 Å². The minimum Gasteiger partial charge on any atom is -0.480 e. The second kappa shape index (κ2) is 5.10. The molecular formula is C12H11F3N2O3. The van der Waals surface area contributed by atoms with Crippen molar-refractivity contribution in [2.45, 2.75) is 25.1 Å². The first-order valence-electron chi connectivity index (χ1n) is 5.86. The third kappa shape index (κ3) is 3.25. The van der Waals surface area contributed by atoms with Gasteiger partial charge in [-0.1, -0.05) is 0 Å². The Balaban J connectivity index is 2.07. The van der Waals surface area contributed by atoms with Crippen LogP contribution < -0.4 is 5.32 Å². The van der Waals surface area contributed by atoms with Crippen molar-refractivity contribution in [3.63, 3.8) is 0 Å². The van der Waals surface area contributed by atoms with Crippen molar-refractivity contribution in [3.05, 3.63) is 29.6 Å². The van der Waals surface area contributed by atoms with Crippen LogP contribution in [-0.2, 0) is 11.0 Å². The van der Waals surface area contributed by atoms with Crippen molar-refractivity contribution in [2.24, 2.45) is 5.92 Å². The molecule has 8 heteroatoms. The summed E-state index contributed by atoms with van der Waals surface area (Å²) in [6.07, 6.45) is -2.37. The first-order chi connectivity index (χ1) is 9.29. The number of hydrogen-bond acceptors (Lipinski definition) is 3. The molecule has 1 saturated carbocycles. The molecule has 1 amide bonds. The zero-order chi connectivity index (χ0) is 14.9. The Hall–Kier alpha value is -2.12. The van der Waals surface area contributed by atoms with Crippen LogP contribution in [0.2, 0.25) is 0 Å². The number of carbonyl (C=O) groups is 2. The molecule has 2 N–H and O–H groups in total. The van der Waals surface area contributed by atoms with Crippen LogP contribution in [0.1, 0.15) is 28.9 Å². The number of hydrogen-bond donors (Lipinski definition) is 2. The highest BCUT2D eigenvalue weighted by Crippen LogP contribution is 2.33. The Labute approximate surface area is 111 Å². The van der Waals surface area contributed by atoms with Gasteiger partial charge in [0.05, 0.1) is 5.56 Å². The topological polar surface area (TPSA) is 79.3 Å². The zero-order valence-electron chi connectivity index (χ0n) is 10.1. The van der Waals surface area contributed by atoms with E-state index in [9.17, 15) is 22.8 Å². The summed E-state index contributed by atoms with van der Waals surface area (Å²) >= 11 is 0. The number of aromatic nitrogens is 1. The van der Waals surface area contributed by atoms with E-state index < -0.39 is 29.8 Å². The molecule has 0 aliphatic heterocycles. The molecule has 1 aliphatic carbocycles. The molecule has 0 spiro atoms. The highest BCUT2D eigenvalue weighted by Gasteiger charge is 2.37. The monoisotopic (exact) mass is 288 g/mol. The fourth-order valence-corrected chi connectivity index (χ4v) is 1.73. The number of carboxylic acids is 1. The molecule has 5 nitrogen and oxygen atoms in total. The van der Waals surface area contributed by atoms with Gasteiger partial charge in [-0.2, -0.15) is 13.2 Å². The second-order valence-electron chi connectivity index (χ2n) is 4.56. The number of rotatable bonds is 4. The van der Waals surface area contributed by atoms with Crippen molar-refractivity contribution < 1.29 is 27.9 Å². The third-order valence-electron chi connectivity index (χ3n) is 2.96. The van der Waals surface area contributed by atoms with Crippen LogP contribution in [-0.4, -0.2) is 28.0 Å². The smallest absolute Gasteiger partial charge is 0.433 e. The highest BCUT2D eigenvalue weighted by atomic mass is 19.4.